The normalized spacial score (nSPS) is 21.1. The largest absolute Gasteiger partial charge is 0.252 e. The summed E-state index contributed by atoms with van der Waals surface area (Å²) in [7, 11) is 0. The van der Waals surface area contributed by atoms with Crippen molar-refractivity contribution in [1.82, 2.24) is 14.8 Å². The number of hydrogen-bond acceptors (Lipinski definition) is 2. The molecule has 0 N–H and O–H groups in total. The minimum atomic E-state index is 0.407. The molecule has 0 aromatic carbocycles. The Labute approximate surface area is 99.4 Å². The topological polar surface area (TPSA) is 30.7 Å². The molecule has 0 atom stereocenters. The molecule has 1 aromatic heterocycles. The number of hydrogen-bond donors (Lipinski definition) is 0. The van der Waals surface area contributed by atoms with Crippen LogP contribution in [0.2, 0.25) is 0 Å². The van der Waals surface area contributed by atoms with Crippen LogP contribution >= 0.6 is 15.9 Å². The van der Waals surface area contributed by atoms with E-state index < -0.39 is 0 Å². The van der Waals surface area contributed by atoms with Gasteiger partial charge in [0.15, 0.2) is 0 Å². The van der Waals surface area contributed by atoms with E-state index in [4.69, 9.17) is 0 Å². The maximum absolute atomic E-state index is 4.22. The number of aromatic nitrogens is 3. The van der Waals surface area contributed by atoms with Gasteiger partial charge in [0, 0.05) is 11.9 Å². The van der Waals surface area contributed by atoms with Gasteiger partial charge in [0.1, 0.15) is 12.7 Å². The fraction of sp³-hybridized carbons (Fsp3) is 0.818. The molecule has 0 unspecified atom stereocenters. The lowest BCUT2D eigenvalue weighted by Crippen LogP contribution is -2.28. The number of alkyl halides is 1. The smallest absolute Gasteiger partial charge is 0.137 e. The molecule has 4 heteroatoms. The fourth-order valence-corrected chi connectivity index (χ4v) is 3.21. The van der Waals surface area contributed by atoms with E-state index in [0.717, 1.165) is 11.9 Å². The fourth-order valence-electron chi connectivity index (χ4n) is 2.47. The SMILES string of the molecule is BrCC1(Cn2cncn2)CCCCCC1. The summed E-state index contributed by atoms with van der Waals surface area (Å²) in [6.07, 6.45) is 11.6. The molecule has 0 spiro atoms. The van der Waals surface area contributed by atoms with Crippen LogP contribution in [0.4, 0.5) is 0 Å². The van der Waals surface area contributed by atoms with Gasteiger partial charge in [0.2, 0.25) is 0 Å². The predicted molar refractivity (Wildman–Crippen MR) is 64.0 cm³/mol. The van der Waals surface area contributed by atoms with Gasteiger partial charge in [0.25, 0.3) is 0 Å². The molecule has 15 heavy (non-hydrogen) atoms. The number of rotatable bonds is 3. The first-order valence-electron chi connectivity index (χ1n) is 5.73. The molecule has 0 aliphatic heterocycles. The lowest BCUT2D eigenvalue weighted by Gasteiger charge is -2.30. The van der Waals surface area contributed by atoms with Crippen LogP contribution in [0.5, 0.6) is 0 Å². The summed E-state index contributed by atoms with van der Waals surface area (Å²) >= 11 is 3.69. The van der Waals surface area contributed by atoms with Gasteiger partial charge in [-0.1, -0.05) is 41.6 Å². The second kappa shape index (κ2) is 5.10. The van der Waals surface area contributed by atoms with E-state index in [0.29, 0.717) is 5.41 Å². The summed E-state index contributed by atoms with van der Waals surface area (Å²) < 4.78 is 1.98. The lowest BCUT2D eigenvalue weighted by atomic mass is 9.82. The molecule has 0 bridgehead atoms. The maximum atomic E-state index is 4.22. The van der Waals surface area contributed by atoms with Gasteiger partial charge in [0.05, 0.1) is 0 Å². The van der Waals surface area contributed by atoms with Gasteiger partial charge in [-0.25, -0.2) is 4.98 Å². The van der Waals surface area contributed by atoms with E-state index in [1.54, 1.807) is 6.33 Å². The minimum Gasteiger partial charge on any atom is -0.252 e. The zero-order valence-corrected chi connectivity index (χ0v) is 10.6. The summed E-state index contributed by atoms with van der Waals surface area (Å²) in [5, 5.41) is 5.30. The Hall–Kier alpha value is -0.380. The predicted octanol–water partition coefficient (Wildman–Crippen LogP) is 3.01. The second-order valence-electron chi connectivity index (χ2n) is 4.64. The van der Waals surface area contributed by atoms with Crippen LogP contribution in [-0.2, 0) is 6.54 Å². The zero-order chi connectivity index (χ0) is 10.6. The highest BCUT2D eigenvalue weighted by atomic mass is 79.9. The van der Waals surface area contributed by atoms with Crippen LogP contribution in [0.1, 0.15) is 38.5 Å². The van der Waals surface area contributed by atoms with Crippen LogP contribution in [0, 0.1) is 5.41 Å². The molecular formula is C11H18BrN3. The van der Waals surface area contributed by atoms with Crippen molar-refractivity contribution in [3.05, 3.63) is 12.7 Å². The van der Waals surface area contributed by atoms with Crippen molar-refractivity contribution in [3.63, 3.8) is 0 Å². The number of halogens is 1. The summed E-state index contributed by atoms with van der Waals surface area (Å²) in [4.78, 5) is 4.01. The van der Waals surface area contributed by atoms with E-state index >= 15 is 0 Å². The number of nitrogens with zero attached hydrogens (tertiary/aromatic N) is 3. The average Bonchev–Trinajstić information content (AvgIpc) is 2.64. The third-order valence-corrected chi connectivity index (χ3v) is 4.60. The highest BCUT2D eigenvalue weighted by Crippen LogP contribution is 2.37. The highest BCUT2D eigenvalue weighted by molar-refractivity contribution is 9.09. The quantitative estimate of drug-likeness (QED) is 0.625. The molecule has 1 heterocycles. The van der Waals surface area contributed by atoms with Crippen molar-refractivity contribution in [2.24, 2.45) is 5.41 Å². The Balaban J connectivity index is 2.05. The third kappa shape index (κ3) is 2.80. The molecule has 1 fully saturated rings. The molecule has 1 saturated carbocycles. The van der Waals surface area contributed by atoms with Gasteiger partial charge in [-0.15, -0.1) is 0 Å². The van der Waals surface area contributed by atoms with Crippen molar-refractivity contribution in [1.29, 1.82) is 0 Å². The summed E-state index contributed by atoms with van der Waals surface area (Å²) in [5.41, 5.74) is 0.407. The van der Waals surface area contributed by atoms with E-state index in [1.165, 1.54) is 38.5 Å². The standard InChI is InChI=1S/C11H18BrN3/c12-7-11(5-3-1-2-4-6-11)8-15-10-13-9-14-15/h9-10H,1-8H2. The highest BCUT2D eigenvalue weighted by Gasteiger charge is 2.30. The molecule has 0 radical (unpaired) electrons. The molecular weight excluding hydrogens is 254 g/mol. The molecule has 3 nitrogen and oxygen atoms in total. The van der Waals surface area contributed by atoms with E-state index in [1.807, 2.05) is 11.0 Å². The summed E-state index contributed by atoms with van der Waals surface area (Å²) in [5.74, 6) is 0. The van der Waals surface area contributed by atoms with Crippen molar-refractivity contribution >= 4 is 15.9 Å². The van der Waals surface area contributed by atoms with Crippen molar-refractivity contribution in [2.45, 2.75) is 45.1 Å². The zero-order valence-electron chi connectivity index (χ0n) is 9.03. The molecule has 84 valence electrons. The molecule has 1 aliphatic carbocycles. The average molecular weight is 272 g/mol. The van der Waals surface area contributed by atoms with Crippen LogP contribution < -0.4 is 0 Å². The van der Waals surface area contributed by atoms with Crippen LogP contribution in [0.25, 0.3) is 0 Å². The maximum Gasteiger partial charge on any atom is 0.137 e. The second-order valence-corrected chi connectivity index (χ2v) is 5.20. The monoisotopic (exact) mass is 271 g/mol. The first-order valence-corrected chi connectivity index (χ1v) is 6.85. The first-order chi connectivity index (χ1) is 7.35. The van der Waals surface area contributed by atoms with Crippen molar-refractivity contribution < 1.29 is 0 Å². The third-order valence-electron chi connectivity index (χ3n) is 3.41. The van der Waals surface area contributed by atoms with Crippen molar-refractivity contribution in [2.75, 3.05) is 5.33 Å². The van der Waals surface area contributed by atoms with Crippen molar-refractivity contribution in [3.8, 4) is 0 Å². The summed E-state index contributed by atoms with van der Waals surface area (Å²) in [6.45, 7) is 1.01. The molecule has 1 aromatic rings. The Kier molecular flexibility index (Phi) is 3.78. The molecule has 2 rings (SSSR count). The Bertz CT molecular complexity index is 276. The van der Waals surface area contributed by atoms with Gasteiger partial charge in [-0.2, -0.15) is 5.10 Å². The molecule has 0 amide bonds. The Morgan fingerprint density at radius 2 is 1.93 bits per heavy atom. The Morgan fingerprint density at radius 1 is 1.20 bits per heavy atom. The van der Waals surface area contributed by atoms with E-state index in [9.17, 15) is 0 Å². The van der Waals surface area contributed by atoms with Crippen LogP contribution in [0.3, 0.4) is 0 Å². The molecule has 0 saturated heterocycles. The molecule has 1 aliphatic rings. The first kappa shape index (κ1) is 11.1. The van der Waals surface area contributed by atoms with Crippen LogP contribution in [-0.4, -0.2) is 20.1 Å². The van der Waals surface area contributed by atoms with E-state index in [2.05, 4.69) is 26.0 Å². The van der Waals surface area contributed by atoms with Gasteiger partial charge >= 0.3 is 0 Å². The summed E-state index contributed by atoms with van der Waals surface area (Å²) in [6, 6.07) is 0. The van der Waals surface area contributed by atoms with Gasteiger partial charge in [-0.3, -0.25) is 4.68 Å². The van der Waals surface area contributed by atoms with Gasteiger partial charge in [-0.05, 0) is 18.3 Å². The minimum absolute atomic E-state index is 0.407. The van der Waals surface area contributed by atoms with E-state index in [-0.39, 0.29) is 0 Å². The van der Waals surface area contributed by atoms with Crippen LogP contribution in [0.15, 0.2) is 12.7 Å². The lowest BCUT2D eigenvalue weighted by molar-refractivity contribution is 0.231. The Morgan fingerprint density at radius 3 is 2.47 bits per heavy atom. The van der Waals surface area contributed by atoms with Gasteiger partial charge < -0.3 is 0 Å².